The van der Waals surface area contributed by atoms with Gasteiger partial charge in [0.05, 0.1) is 12.4 Å². The third kappa shape index (κ3) is 4.29. The van der Waals surface area contributed by atoms with E-state index in [1.54, 1.807) is 24.9 Å². The number of likely N-dealkylation sites (N-methyl/N-ethyl adjacent to an activating group) is 1. The molecule has 0 unspecified atom stereocenters. The van der Waals surface area contributed by atoms with Gasteiger partial charge in [0, 0.05) is 12.6 Å². The molecule has 1 aromatic heterocycles. The number of hydrogen-bond donors (Lipinski definition) is 0. The number of alkyl halides is 1. The second-order valence-corrected chi connectivity index (χ2v) is 5.91. The van der Waals surface area contributed by atoms with Crippen LogP contribution in [-0.4, -0.2) is 31.0 Å². The lowest BCUT2D eigenvalue weighted by Gasteiger charge is -2.16. The maximum Gasteiger partial charge on any atom is 0.289 e. The summed E-state index contributed by atoms with van der Waals surface area (Å²) in [6.07, 6.45) is 0. The zero-order valence-corrected chi connectivity index (χ0v) is 14.7. The average Bonchev–Trinajstić information content (AvgIpc) is 2.91. The van der Waals surface area contributed by atoms with Crippen LogP contribution in [0.4, 0.5) is 0 Å². The Morgan fingerprint density at radius 3 is 2.57 bits per heavy atom. The van der Waals surface area contributed by atoms with Crippen molar-refractivity contribution in [3.05, 3.63) is 52.5 Å². The van der Waals surface area contributed by atoms with Crippen LogP contribution < -0.4 is 4.74 Å². The summed E-state index contributed by atoms with van der Waals surface area (Å²) in [7, 11) is 1.73. The number of aryl methyl sites for hydroxylation is 3. The number of benzene rings is 1. The molecule has 0 bridgehead atoms. The first-order chi connectivity index (χ1) is 10.9. The highest BCUT2D eigenvalue weighted by Gasteiger charge is 2.17. The number of halogens is 1. The molecule has 124 valence electrons. The minimum Gasteiger partial charge on any atom is -0.492 e. The molecule has 0 aliphatic heterocycles. The van der Waals surface area contributed by atoms with Gasteiger partial charge in [-0.3, -0.25) is 4.79 Å². The van der Waals surface area contributed by atoms with Gasteiger partial charge in [-0.05, 0) is 50.1 Å². The van der Waals surface area contributed by atoms with Crippen LogP contribution in [-0.2, 0) is 5.88 Å². The van der Waals surface area contributed by atoms with Gasteiger partial charge in [-0.15, -0.1) is 11.6 Å². The fourth-order valence-electron chi connectivity index (χ4n) is 2.15. The SMILES string of the molecule is Cc1ccc(OCCN(C)C(=O)c2cc(CCl)c(C)o2)cc1C. The fourth-order valence-corrected chi connectivity index (χ4v) is 2.42. The predicted molar refractivity (Wildman–Crippen MR) is 91.4 cm³/mol. The second kappa shape index (κ2) is 7.55. The first kappa shape index (κ1) is 17.4. The Bertz CT molecular complexity index is 694. The van der Waals surface area contributed by atoms with Gasteiger partial charge in [0.25, 0.3) is 5.91 Å². The van der Waals surface area contributed by atoms with Crippen molar-refractivity contribution in [1.29, 1.82) is 0 Å². The number of hydrogen-bond acceptors (Lipinski definition) is 3. The van der Waals surface area contributed by atoms with E-state index < -0.39 is 0 Å². The van der Waals surface area contributed by atoms with Crippen molar-refractivity contribution in [2.24, 2.45) is 0 Å². The average molecular weight is 336 g/mol. The van der Waals surface area contributed by atoms with Crippen LogP contribution in [0.2, 0.25) is 0 Å². The molecule has 0 atom stereocenters. The van der Waals surface area contributed by atoms with Crippen LogP contribution in [0.3, 0.4) is 0 Å². The molecule has 2 rings (SSSR count). The number of amides is 1. The molecule has 1 aromatic carbocycles. The van der Waals surface area contributed by atoms with Crippen LogP contribution in [0, 0.1) is 20.8 Å². The molecule has 0 saturated heterocycles. The van der Waals surface area contributed by atoms with E-state index in [1.807, 2.05) is 25.1 Å². The molecule has 0 aliphatic carbocycles. The lowest BCUT2D eigenvalue weighted by molar-refractivity contribution is 0.0741. The van der Waals surface area contributed by atoms with Crippen molar-refractivity contribution in [1.82, 2.24) is 4.90 Å². The van der Waals surface area contributed by atoms with Crippen LogP contribution in [0.15, 0.2) is 28.7 Å². The Hall–Kier alpha value is -1.94. The van der Waals surface area contributed by atoms with E-state index in [1.165, 1.54) is 11.1 Å². The Balaban J connectivity index is 1.89. The minimum atomic E-state index is -0.173. The maximum atomic E-state index is 12.3. The summed E-state index contributed by atoms with van der Waals surface area (Å²) in [6.45, 7) is 6.81. The smallest absolute Gasteiger partial charge is 0.289 e. The van der Waals surface area contributed by atoms with Crippen molar-refractivity contribution in [3.8, 4) is 5.75 Å². The van der Waals surface area contributed by atoms with Crippen molar-refractivity contribution in [2.75, 3.05) is 20.2 Å². The highest BCUT2D eigenvalue weighted by molar-refractivity contribution is 6.17. The van der Waals surface area contributed by atoms with E-state index in [-0.39, 0.29) is 5.91 Å². The van der Waals surface area contributed by atoms with Crippen LogP contribution in [0.1, 0.15) is 33.0 Å². The zero-order chi connectivity index (χ0) is 17.0. The number of nitrogens with zero attached hydrogens (tertiary/aromatic N) is 1. The third-order valence-electron chi connectivity index (χ3n) is 3.90. The zero-order valence-electron chi connectivity index (χ0n) is 14.0. The van der Waals surface area contributed by atoms with Crippen molar-refractivity contribution in [2.45, 2.75) is 26.7 Å². The second-order valence-electron chi connectivity index (χ2n) is 5.65. The number of rotatable bonds is 6. The standard InChI is InChI=1S/C18H22ClNO3/c1-12-5-6-16(9-13(12)2)22-8-7-20(4)18(21)17-10-15(11-19)14(3)23-17/h5-6,9-10H,7-8,11H2,1-4H3. The third-order valence-corrected chi connectivity index (χ3v) is 4.18. The Morgan fingerprint density at radius 2 is 1.96 bits per heavy atom. The summed E-state index contributed by atoms with van der Waals surface area (Å²) in [5.41, 5.74) is 3.26. The van der Waals surface area contributed by atoms with Gasteiger partial charge >= 0.3 is 0 Å². The van der Waals surface area contributed by atoms with Crippen molar-refractivity contribution in [3.63, 3.8) is 0 Å². The summed E-state index contributed by atoms with van der Waals surface area (Å²) in [5.74, 6) is 1.97. The van der Waals surface area contributed by atoms with Gasteiger partial charge < -0.3 is 14.1 Å². The molecule has 5 heteroatoms. The van der Waals surface area contributed by atoms with Gasteiger partial charge in [0.2, 0.25) is 0 Å². The van der Waals surface area contributed by atoms with Crippen LogP contribution in [0.25, 0.3) is 0 Å². The summed E-state index contributed by atoms with van der Waals surface area (Å²) < 4.78 is 11.2. The summed E-state index contributed by atoms with van der Waals surface area (Å²) in [4.78, 5) is 13.9. The van der Waals surface area contributed by atoms with E-state index in [4.69, 9.17) is 20.8 Å². The lowest BCUT2D eigenvalue weighted by Crippen LogP contribution is -2.30. The molecule has 0 radical (unpaired) electrons. The summed E-state index contributed by atoms with van der Waals surface area (Å²) in [6, 6.07) is 7.66. The van der Waals surface area contributed by atoms with Crippen molar-refractivity contribution < 1.29 is 13.9 Å². The molecular weight excluding hydrogens is 314 g/mol. The van der Waals surface area contributed by atoms with Crippen molar-refractivity contribution >= 4 is 17.5 Å². The van der Waals surface area contributed by atoms with Gasteiger partial charge in [-0.25, -0.2) is 0 Å². The first-order valence-corrected chi connectivity index (χ1v) is 8.06. The molecule has 23 heavy (non-hydrogen) atoms. The van der Waals surface area contributed by atoms with Crippen LogP contribution >= 0.6 is 11.6 Å². The topological polar surface area (TPSA) is 42.7 Å². The highest BCUT2D eigenvalue weighted by atomic mass is 35.5. The Kier molecular flexibility index (Phi) is 5.72. The lowest BCUT2D eigenvalue weighted by atomic mass is 10.1. The molecule has 0 fully saturated rings. The maximum absolute atomic E-state index is 12.3. The summed E-state index contributed by atoms with van der Waals surface area (Å²) >= 11 is 5.80. The van der Waals surface area contributed by atoms with Gasteiger partial charge in [-0.2, -0.15) is 0 Å². The number of carbonyl (C=O) groups excluding carboxylic acids is 1. The van der Waals surface area contributed by atoms with E-state index in [9.17, 15) is 4.79 Å². The highest BCUT2D eigenvalue weighted by Crippen LogP contribution is 2.18. The molecule has 1 amide bonds. The molecule has 0 aliphatic rings. The number of carbonyl (C=O) groups is 1. The van der Waals surface area contributed by atoms with Gasteiger partial charge in [0.1, 0.15) is 18.1 Å². The monoisotopic (exact) mass is 335 g/mol. The summed E-state index contributed by atoms with van der Waals surface area (Å²) in [5, 5.41) is 0. The first-order valence-electron chi connectivity index (χ1n) is 7.53. The Labute approximate surface area is 142 Å². The largest absolute Gasteiger partial charge is 0.492 e. The van der Waals surface area contributed by atoms with E-state index in [0.717, 1.165) is 11.3 Å². The minimum absolute atomic E-state index is 0.173. The number of ether oxygens (including phenoxy) is 1. The molecule has 1 heterocycles. The molecule has 0 N–H and O–H groups in total. The molecular formula is C18H22ClNO3. The van der Waals surface area contributed by atoms with Gasteiger partial charge in [-0.1, -0.05) is 6.07 Å². The molecule has 0 saturated carbocycles. The van der Waals surface area contributed by atoms with E-state index >= 15 is 0 Å². The predicted octanol–water partition coefficient (Wildman–Crippen LogP) is 4.09. The van der Waals surface area contributed by atoms with E-state index in [2.05, 4.69) is 6.92 Å². The van der Waals surface area contributed by atoms with Gasteiger partial charge in [0.15, 0.2) is 5.76 Å². The molecule has 0 spiro atoms. The van der Waals surface area contributed by atoms with Crippen LogP contribution in [0.5, 0.6) is 5.75 Å². The fraction of sp³-hybridized carbons (Fsp3) is 0.389. The molecule has 4 nitrogen and oxygen atoms in total. The van der Waals surface area contributed by atoms with E-state index in [0.29, 0.717) is 30.6 Å². The Morgan fingerprint density at radius 1 is 1.22 bits per heavy atom. The normalized spacial score (nSPS) is 10.7. The molecule has 2 aromatic rings. The quantitative estimate of drug-likeness (QED) is 0.746. The number of furan rings is 1.